The molecule has 0 aromatic heterocycles. The zero-order chi connectivity index (χ0) is 17.9. The van der Waals surface area contributed by atoms with E-state index in [4.69, 9.17) is 9.47 Å². The molecule has 146 valence electrons. The number of hydrogen-bond acceptors (Lipinski definition) is 3. The maximum Gasteiger partial charge on any atom is 0.168 e. The van der Waals surface area contributed by atoms with E-state index in [9.17, 15) is 9.18 Å². The van der Waals surface area contributed by atoms with Crippen molar-refractivity contribution in [2.24, 2.45) is 40.9 Å². The molecule has 1 spiro atoms. The highest BCUT2D eigenvalue weighted by Crippen LogP contribution is 2.64. The predicted molar refractivity (Wildman–Crippen MR) is 96.2 cm³/mol. The van der Waals surface area contributed by atoms with Crippen molar-refractivity contribution in [1.82, 2.24) is 0 Å². The maximum atomic E-state index is 13.4. The number of Topliss-reactive ketones (excluding diaryl/α,β-unsaturated/α-hetero) is 1. The van der Waals surface area contributed by atoms with Crippen LogP contribution in [-0.4, -0.2) is 31.5 Å². The fourth-order valence-corrected chi connectivity index (χ4v) is 8.11. The van der Waals surface area contributed by atoms with Crippen LogP contribution < -0.4 is 0 Å². The largest absolute Gasteiger partial charge is 0.348 e. The molecule has 0 bridgehead atoms. The van der Waals surface area contributed by atoms with Crippen LogP contribution in [0.5, 0.6) is 0 Å². The molecule has 26 heavy (non-hydrogen) atoms. The topological polar surface area (TPSA) is 35.5 Å². The highest BCUT2D eigenvalue weighted by molar-refractivity contribution is 5.87. The van der Waals surface area contributed by atoms with Crippen LogP contribution >= 0.6 is 0 Å². The fraction of sp³-hybridized carbons (Fsp3) is 0.955. The zero-order valence-corrected chi connectivity index (χ0v) is 16.1. The first-order valence-corrected chi connectivity index (χ1v) is 10.9. The second kappa shape index (κ2) is 6.27. The quantitative estimate of drug-likeness (QED) is 0.722. The Labute approximate surface area is 156 Å². The van der Waals surface area contributed by atoms with Gasteiger partial charge in [0.05, 0.1) is 19.9 Å². The van der Waals surface area contributed by atoms with Crippen molar-refractivity contribution in [1.29, 1.82) is 0 Å². The molecule has 1 heterocycles. The smallest absolute Gasteiger partial charge is 0.168 e. The SMILES string of the molecule is C[C@]12C[C@H](CCF)C3C(CC[C@H]4CC5(CCC34)OCCO5)C1CCC2=O. The third kappa shape index (κ3) is 2.47. The van der Waals surface area contributed by atoms with Gasteiger partial charge in [0.1, 0.15) is 5.78 Å². The third-order valence-electron chi connectivity index (χ3n) is 9.08. The van der Waals surface area contributed by atoms with Gasteiger partial charge in [0.15, 0.2) is 5.79 Å². The third-order valence-corrected chi connectivity index (χ3v) is 9.08. The van der Waals surface area contributed by atoms with Gasteiger partial charge in [0.25, 0.3) is 0 Å². The number of carbonyl (C=O) groups is 1. The van der Waals surface area contributed by atoms with E-state index < -0.39 is 0 Å². The van der Waals surface area contributed by atoms with E-state index in [1.54, 1.807) is 0 Å². The second-order valence-electron chi connectivity index (χ2n) is 10.0. The fourth-order valence-electron chi connectivity index (χ4n) is 8.11. The molecule has 0 N–H and O–H groups in total. The Hall–Kier alpha value is -0.480. The van der Waals surface area contributed by atoms with Gasteiger partial charge in [-0.05, 0) is 74.0 Å². The van der Waals surface area contributed by atoms with Gasteiger partial charge in [0.2, 0.25) is 0 Å². The number of ether oxygens (including phenoxy) is 2. The molecule has 5 rings (SSSR count). The zero-order valence-electron chi connectivity index (χ0n) is 16.1. The molecule has 4 aliphatic carbocycles. The Bertz CT molecular complexity index is 572. The lowest BCUT2D eigenvalue weighted by atomic mass is 9.47. The Morgan fingerprint density at radius 1 is 1.08 bits per heavy atom. The molecule has 5 fully saturated rings. The summed E-state index contributed by atoms with van der Waals surface area (Å²) in [5.41, 5.74) is -0.165. The van der Waals surface area contributed by atoms with Gasteiger partial charge in [-0.2, -0.15) is 0 Å². The van der Waals surface area contributed by atoms with Gasteiger partial charge in [-0.25, -0.2) is 0 Å². The molecule has 7 atom stereocenters. The summed E-state index contributed by atoms with van der Waals surface area (Å²) in [5.74, 6) is 3.69. The number of rotatable bonds is 2. The lowest BCUT2D eigenvalue weighted by Gasteiger charge is -2.58. The van der Waals surface area contributed by atoms with Crippen LogP contribution in [0.3, 0.4) is 0 Å². The van der Waals surface area contributed by atoms with E-state index in [1.165, 1.54) is 12.8 Å². The van der Waals surface area contributed by atoms with Crippen molar-refractivity contribution < 1.29 is 18.7 Å². The van der Waals surface area contributed by atoms with E-state index in [1.807, 2.05) is 0 Å². The molecule has 0 amide bonds. The van der Waals surface area contributed by atoms with Gasteiger partial charge >= 0.3 is 0 Å². The van der Waals surface area contributed by atoms with Crippen molar-refractivity contribution in [2.45, 2.75) is 70.5 Å². The summed E-state index contributed by atoms with van der Waals surface area (Å²) in [6.45, 7) is 3.43. The minimum Gasteiger partial charge on any atom is -0.348 e. The van der Waals surface area contributed by atoms with Gasteiger partial charge in [-0.15, -0.1) is 0 Å². The van der Waals surface area contributed by atoms with Crippen LogP contribution in [0, 0.1) is 40.9 Å². The second-order valence-corrected chi connectivity index (χ2v) is 10.0. The normalized spacial score (nSPS) is 49.7. The van der Waals surface area contributed by atoms with Crippen molar-refractivity contribution in [3.8, 4) is 0 Å². The van der Waals surface area contributed by atoms with Crippen molar-refractivity contribution in [2.75, 3.05) is 19.9 Å². The standard InChI is InChI=1S/C22H33FO3/c1-21-12-15(7-9-23)20-16-6-8-22(25-10-11-26-22)13-14(16)2-3-17(20)18(21)4-5-19(21)24/h14-18,20H,2-13H2,1H3/t14-,15-,16?,17?,18?,20?,21-/m0/s1. The maximum absolute atomic E-state index is 13.4. The van der Waals surface area contributed by atoms with E-state index in [0.717, 1.165) is 51.7 Å². The Morgan fingerprint density at radius 3 is 2.65 bits per heavy atom. The molecule has 4 unspecified atom stereocenters. The lowest BCUT2D eigenvalue weighted by molar-refractivity contribution is -0.213. The molecule has 4 saturated carbocycles. The number of ketones is 1. The Morgan fingerprint density at radius 2 is 1.88 bits per heavy atom. The number of carbonyl (C=O) groups excluding carboxylic acids is 1. The van der Waals surface area contributed by atoms with Crippen LogP contribution in [-0.2, 0) is 14.3 Å². The van der Waals surface area contributed by atoms with Crippen molar-refractivity contribution >= 4 is 5.78 Å². The van der Waals surface area contributed by atoms with Gasteiger partial charge in [-0.3, -0.25) is 9.18 Å². The molecule has 3 nitrogen and oxygen atoms in total. The van der Waals surface area contributed by atoms with E-state index in [-0.39, 0.29) is 17.9 Å². The van der Waals surface area contributed by atoms with Crippen molar-refractivity contribution in [3.63, 3.8) is 0 Å². The van der Waals surface area contributed by atoms with Gasteiger partial charge in [0, 0.05) is 24.7 Å². The van der Waals surface area contributed by atoms with Crippen LogP contribution in [0.2, 0.25) is 0 Å². The first-order chi connectivity index (χ1) is 12.6. The molecule has 1 aliphatic heterocycles. The molecular formula is C22H33FO3. The number of alkyl halides is 1. The average molecular weight is 365 g/mol. The summed E-state index contributed by atoms with van der Waals surface area (Å²) < 4.78 is 25.5. The van der Waals surface area contributed by atoms with Crippen LogP contribution in [0.4, 0.5) is 4.39 Å². The van der Waals surface area contributed by atoms with Crippen LogP contribution in [0.25, 0.3) is 0 Å². The summed E-state index contributed by atoms with van der Waals surface area (Å²) in [4.78, 5) is 12.7. The summed E-state index contributed by atoms with van der Waals surface area (Å²) in [6, 6.07) is 0. The van der Waals surface area contributed by atoms with E-state index in [0.29, 0.717) is 47.7 Å². The summed E-state index contributed by atoms with van der Waals surface area (Å²) in [6.07, 6.45) is 9.07. The molecule has 5 aliphatic rings. The van der Waals surface area contributed by atoms with Crippen molar-refractivity contribution in [3.05, 3.63) is 0 Å². The first kappa shape index (κ1) is 17.6. The highest BCUT2D eigenvalue weighted by Gasteiger charge is 2.61. The summed E-state index contributed by atoms with van der Waals surface area (Å²) in [7, 11) is 0. The van der Waals surface area contributed by atoms with Crippen LogP contribution in [0.1, 0.15) is 64.7 Å². The molecule has 0 aromatic carbocycles. The highest BCUT2D eigenvalue weighted by atomic mass is 19.1. The first-order valence-electron chi connectivity index (χ1n) is 10.9. The molecule has 0 aromatic rings. The van der Waals surface area contributed by atoms with E-state index >= 15 is 0 Å². The monoisotopic (exact) mass is 364 g/mol. The number of hydrogen-bond donors (Lipinski definition) is 0. The number of fused-ring (bicyclic) bond motifs is 5. The molecule has 0 radical (unpaired) electrons. The minimum absolute atomic E-state index is 0.165. The van der Waals surface area contributed by atoms with Gasteiger partial charge < -0.3 is 9.47 Å². The minimum atomic E-state index is -0.309. The summed E-state index contributed by atoms with van der Waals surface area (Å²) >= 11 is 0. The Kier molecular flexibility index (Phi) is 4.24. The Balaban J connectivity index is 1.43. The lowest BCUT2D eigenvalue weighted by Crippen LogP contribution is -2.54. The number of halogens is 1. The molecule has 1 saturated heterocycles. The summed E-state index contributed by atoms with van der Waals surface area (Å²) in [5, 5.41) is 0. The van der Waals surface area contributed by atoms with E-state index in [2.05, 4.69) is 6.92 Å². The predicted octanol–water partition coefficient (Wildman–Crippen LogP) is 4.54. The molecule has 4 heteroatoms. The van der Waals surface area contributed by atoms with Crippen LogP contribution in [0.15, 0.2) is 0 Å². The van der Waals surface area contributed by atoms with Gasteiger partial charge in [-0.1, -0.05) is 6.92 Å². The molecular weight excluding hydrogens is 331 g/mol. The average Bonchev–Trinajstić information content (AvgIpc) is 3.19.